The molecular weight excluding hydrogens is 536 g/mol. The molecule has 3 amide bonds. The summed E-state index contributed by atoms with van der Waals surface area (Å²) in [5.74, 6) is 1.30. The van der Waals surface area contributed by atoms with Crippen LogP contribution in [0.2, 0.25) is 0 Å². The van der Waals surface area contributed by atoms with Crippen LogP contribution >= 0.6 is 0 Å². The number of phenols is 1. The third kappa shape index (κ3) is 4.00. The quantitative estimate of drug-likeness (QED) is 0.472. The molecule has 11 nitrogen and oxygen atoms in total. The van der Waals surface area contributed by atoms with E-state index in [0.717, 1.165) is 62.0 Å². The van der Waals surface area contributed by atoms with Crippen LogP contribution in [0.4, 0.5) is 10.6 Å². The predicted molar refractivity (Wildman–Crippen MR) is 152 cm³/mol. The Bertz CT molecular complexity index is 1480. The first-order valence-electron chi connectivity index (χ1n) is 15.4. The Kier molecular flexibility index (Phi) is 5.79. The van der Waals surface area contributed by atoms with E-state index in [1.807, 2.05) is 12.1 Å². The van der Waals surface area contributed by atoms with Gasteiger partial charge in [0.25, 0.3) is 5.91 Å². The second kappa shape index (κ2) is 9.28. The van der Waals surface area contributed by atoms with E-state index in [1.54, 1.807) is 6.07 Å². The van der Waals surface area contributed by atoms with Crippen molar-refractivity contribution in [2.45, 2.75) is 81.6 Å². The van der Waals surface area contributed by atoms with Gasteiger partial charge in [0.15, 0.2) is 0 Å². The number of ether oxygens (including phenoxy) is 2. The Hall–Kier alpha value is -3.44. The van der Waals surface area contributed by atoms with Crippen LogP contribution in [0, 0.1) is 5.92 Å². The minimum absolute atomic E-state index is 0.0342. The molecule has 4 atom stereocenters. The summed E-state index contributed by atoms with van der Waals surface area (Å²) in [7, 11) is 0. The molecule has 222 valence electrons. The highest BCUT2D eigenvalue weighted by atomic mass is 16.5. The number of benzene rings is 1. The molecule has 6 aliphatic rings. The van der Waals surface area contributed by atoms with E-state index in [-0.39, 0.29) is 17.2 Å². The van der Waals surface area contributed by atoms with Crippen LogP contribution in [0.1, 0.15) is 67.8 Å². The van der Waals surface area contributed by atoms with Crippen molar-refractivity contribution in [3.8, 4) is 11.8 Å². The molecule has 1 aromatic heterocycles. The van der Waals surface area contributed by atoms with Gasteiger partial charge in [0.2, 0.25) is 0 Å². The van der Waals surface area contributed by atoms with Crippen molar-refractivity contribution in [1.82, 2.24) is 25.5 Å². The number of nitrogens with one attached hydrogen (secondary N) is 2. The Morgan fingerprint density at radius 1 is 1.17 bits per heavy atom. The number of anilines is 1. The van der Waals surface area contributed by atoms with Gasteiger partial charge in [0, 0.05) is 25.1 Å². The zero-order valence-corrected chi connectivity index (χ0v) is 24.1. The van der Waals surface area contributed by atoms with Gasteiger partial charge in [-0.25, -0.2) is 4.79 Å². The van der Waals surface area contributed by atoms with E-state index in [1.165, 1.54) is 12.0 Å². The lowest BCUT2D eigenvalue weighted by Gasteiger charge is -2.41. The molecule has 6 heterocycles. The Morgan fingerprint density at radius 3 is 2.90 bits per heavy atom. The number of hydrogen-bond donors (Lipinski definition) is 3. The van der Waals surface area contributed by atoms with Gasteiger partial charge in [-0.15, -0.1) is 0 Å². The van der Waals surface area contributed by atoms with Gasteiger partial charge in [-0.05, 0) is 80.7 Å². The third-order valence-electron chi connectivity index (χ3n) is 10.7. The van der Waals surface area contributed by atoms with Crippen molar-refractivity contribution in [2.24, 2.45) is 5.92 Å². The second-order valence-corrected chi connectivity index (χ2v) is 13.4. The number of aryl methyl sites for hydroxylation is 1. The Balaban J connectivity index is 1.16. The predicted octanol–water partition coefficient (Wildman–Crippen LogP) is 2.53. The first kappa shape index (κ1) is 26.2. The fourth-order valence-corrected chi connectivity index (χ4v) is 8.73. The number of nitrogens with zero attached hydrogens (tertiary/aromatic N) is 4. The lowest BCUT2D eigenvalue weighted by molar-refractivity contribution is -0.124. The van der Waals surface area contributed by atoms with Gasteiger partial charge in [-0.3, -0.25) is 15.0 Å². The first-order chi connectivity index (χ1) is 20.3. The van der Waals surface area contributed by atoms with Crippen molar-refractivity contribution >= 4 is 17.8 Å². The monoisotopic (exact) mass is 574 g/mol. The largest absolute Gasteiger partial charge is 0.508 e. The highest BCUT2D eigenvalue weighted by Gasteiger charge is 2.51. The summed E-state index contributed by atoms with van der Waals surface area (Å²) >= 11 is 0. The summed E-state index contributed by atoms with van der Waals surface area (Å²) in [6, 6.07) is 5.46. The number of imide groups is 1. The average Bonchev–Trinajstić information content (AvgIpc) is 3.67. The molecule has 0 bridgehead atoms. The van der Waals surface area contributed by atoms with E-state index in [0.29, 0.717) is 56.9 Å². The van der Waals surface area contributed by atoms with Gasteiger partial charge in [-0.2, -0.15) is 9.97 Å². The number of phenolic OH excluding ortho intramolecular Hbond substituents is 1. The van der Waals surface area contributed by atoms with Crippen LogP contribution in [0.5, 0.6) is 11.8 Å². The maximum atomic E-state index is 12.9. The van der Waals surface area contributed by atoms with Crippen LogP contribution < -0.4 is 20.3 Å². The zero-order chi connectivity index (χ0) is 28.7. The molecule has 5 aliphatic heterocycles. The molecule has 1 aliphatic carbocycles. The summed E-state index contributed by atoms with van der Waals surface area (Å²) in [5, 5.41) is 15.6. The van der Waals surface area contributed by atoms with E-state index in [4.69, 9.17) is 19.4 Å². The average molecular weight is 575 g/mol. The van der Waals surface area contributed by atoms with Gasteiger partial charge in [-0.1, -0.05) is 13.0 Å². The van der Waals surface area contributed by atoms with E-state index >= 15 is 0 Å². The smallest absolute Gasteiger partial charge is 0.322 e. The summed E-state index contributed by atoms with van der Waals surface area (Å²) < 4.78 is 13.2. The number of urea groups is 1. The SMILES string of the molecule is C[C@H]1CN2CCC[C@@]2(COc2nc3c(c(N4CCCC5(C4)NC(=O)NC5=O)n2)COC2(CCc4ccc(O)cc42)C3)C1. The summed E-state index contributed by atoms with van der Waals surface area (Å²) in [4.78, 5) is 39.6. The fraction of sp³-hybridized carbons (Fsp3) is 0.613. The number of carbonyl (C=O) groups excluding carboxylic acids is 2. The number of fused-ring (bicyclic) bond motifs is 4. The van der Waals surface area contributed by atoms with Crippen molar-refractivity contribution in [1.29, 1.82) is 0 Å². The van der Waals surface area contributed by atoms with E-state index in [9.17, 15) is 14.7 Å². The molecule has 4 fully saturated rings. The highest BCUT2D eigenvalue weighted by Crippen LogP contribution is 2.48. The summed E-state index contributed by atoms with van der Waals surface area (Å²) in [6.07, 6.45) is 6.98. The van der Waals surface area contributed by atoms with E-state index in [2.05, 4.69) is 27.4 Å². The van der Waals surface area contributed by atoms with Crippen molar-refractivity contribution in [3.05, 3.63) is 40.6 Å². The molecular formula is C31H38N6O5. The number of rotatable bonds is 4. The molecule has 2 spiro atoms. The molecule has 3 N–H and O–H groups in total. The Morgan fingerprint density at radius 2 is 2.05 bits per heavy atom. The molecule has 11 heteroatoms. The minimum atomic E-state index is -0.976. The Labute approximate surface area is 245 Å². The molecule has 2 unspecified atom stereocenters. The number of hydrogen-bond acceptors (Lipinski definition) is 9. The number of amides is 3. The molecule has 0 radical (unpaired) electrons. The van der Waals surface area contributed by atoms with Crippen LogP contribution in [0.3, 0.4) is 0 Å². The lowest BCUT2D eigenvalue weighted by atomic mass is 9.86. The molecule has 1 aromatic carbocycles. The van der Waals surface area contributed by atoms with Crippen LogP contribution in [-0.4, -0.2) is 75.8 Å². The van der Waals surface area contributed by atoms with Gasteiger partial charge >= 0.3 is 12.0 Å². The lowest BCUT2D eigenvalue weighted by Crippen LogP contribution is -2.59. The third-order valence-corrected chi connectivity index (χ3v) is 10.7. The molecule has 0 saturated carbocycles. The summed E-state index contributed by atoms with van der Waals surface area (Å²) in [6.45, 7) is 6.42. The van der Waals surface area contributed by atoms with E-state index < -0.39 is 17.2 Å². The van der Waals surface area contributed by atoms with Crippen LogP contribution in [0.25, 0.3) is 0 Å². The number of aromatic hydroxyl groups is 1. The topological polar surface area (TPSA) is 129 Å². The van der Waals surface area contributed by atoms with Crippen molar-refractivity contribution in [3.63, 3.8) is 0 Å². The molecule has 2 aromatic rings. The van der Waals surface area contributed by atoms with Crippen LogP contribution in [-0.2, 0) is 34.6 Å². The highest BCUT2D eigenvalue weighted by molar-refractivity contribution is 6.07. The maximum Gasteiger partial charge on any atom is 0.322 e. The van der Waals surface area contributed by atoms with Crippen LogP contribution in [0.15, 0.2) is 18.2 Å². The first-order valence-corrected chi connectivity index (χ1v) is 15.4. The van der Waals surface area contributed by atoms with Crippen molar-refractivity contribution in [2.75, 3.05) is 37.7 Å². The molecule has 42 heavy (non-hydrogen) atoms. The van der Waals surface area contributed by atoms with Gasteiger partial charge < -0.3 is 24.8 Å². The van der Waals surface area contributed by atoms with Gasteiger partial charge in [0.1, 0.15) is 23.7 Å². The second-order valence-electron chi connectivity index (χ2n) is 13.4. The van der Waals surface area contributed by atoms with Gasteiger partial charge in [0.05, 0.1) is 30.0 Å². The molecule has 4 saturated heterocycles. The fourth-order valence-electron chi connectivity index (χ4n) is 8.73. The number of aromatic nitrogens is 2. The normalized spacial score (nSPS) is 33.5. The molecule has 8 rings (SSSR count). The zero-order valence-electron chi connectivity index (χ0n) is 24.1. The standard InChI is InChI=1S/C31H38N6O5/c1-19-13-29(7-2-11-37(29)15-19)18-41-28-32-24-14-31(9-6-20-4-5-21(38)12-23(20)31)42-16-22(24)25(33-28)36-10-3-8-30(17-36)26(39)34-27(40)35-30/h4-5,12,19,38H,2-3,6-11,13-18H2,1H3,(H2,34,35,39,40)/t19-,29+,30?,31?/m1/s1. The summed E-state index contributed by atoms with van der Waals surface area (Å²) in [5.41, 5.74) is 2.50. The number of carbonyl (C=O) groups is 2. The number of piperidine rings is 1. The minimum Gasteiger partial charge on any atom is -0.508 e. The maximum absolute atomic E-state index is 12.9. The van der Waals surface area contributed by atoms with Crippen molar-refractivity contribution < 1.29 is 24.2 Å².